The Balaban J connectivity index is 1.79. The topological polar surface area (TPSA) is 9.23 Å². The number of alkyl halides is 1. The van der Waals surface area contributed by atoms with E-state index in [1.165, 1.54) is 44.9 Å². The first-order valence-corrected chi connectivity index (χ1v) is 6.61. The highest BCUT2D eigenvalue weighted by Crippen LogP contribution is 2.35. The van der Waals surface area contributed by atoms with Gasteiger partial charge in [-0.1, -0.05) is 25.7 Å². The van der Waals surface area contributed by atoms with E-state index in [0.717, 1.165) is 24.3 Å². The molecular formula is C12H21ClO. The Hall–Kier alpha value is 0.250. The fraction of sp³-hybridized carbons (Fsp3) is 1.00. The summed E-state index contributed by atoms with van der Waals surface area (Å²) in [6.45, 7) is 0.977. The molecule has 2 unspecified atom stereocenters. The Morgan fingerprint density at radius 2 is 1.93 bits per heavy atom. The van der Waals surface area contributed by atoms with Crippen molar-refractivity contribution in [3.63, 3.8) is 0 Å². The highest BCUT2D eigenvalue weighted by atomic mass is 35.5. The van der Waals surface area contributed by atoms with Crippen LogP contribution in [-0.4, -0.2) is 18.6 Å². The summed E-state index contributed by atoms with van der Waals surface area (Å²) in [6, 6.07) is 0. The van der Waals surface area contributed by atoms with Crippen LogP contribution in [0.2, 0.25) is 0 Å². The third-order valence-electron chi connectivity index (χ3n) is 3.85. The monoisotopic (exact) mass is 216 g/mol. The SMILES string of the molecule is ClCC(CC1CCCO1)C1CCCC1. The number of hydrogen-bond donors (Lipinski definition) is 0. The molecular weight excluding hydrogens is 196 g/mol. The second-order valence-corrected chi connectivity index (χ2v) is 5.14. The number of rotatable bonds is 4. The van der Waals surface area contributed by atoms with Gasteiger partial charge in [-0.25, -0.2) is 0 Å². The third kappa shape index (κ3) is 2.64. The Kier molecular flexibility index (Phi) is 4.12. The summed E-state index contributed by atoms with van der Waals surface area (Å²) < 4.78 is 5.69. The molecule has 0 spiro atoms. The van der Waals surface area contributed by atoms with E-state index in [2.05, 4.69) is 0 Å². The molecule has 14 heavy (non-hydrogen) atoms. The normalized spacial score (nSPS) is 31.1. The molecule has 2 aliphatic rings. The lowest BCUT2D eigenvalue weighted by Crippen LogP contribution is -2.20. The molecule has 0 aromatic heterocycles. The van der Waals surface area contributed by atoms with Crippen molar-refractivity contribution in [1.82, 2.24) is 0 Å². The van der Waals surface area contributed by atoms with Crippen molar-refractivity contribution in [2.45, 2.75) is 51.0 Å². The largest absolute Gasteiger partial charge is 0.378 e. The first-order valence-electron chi connectivity index (χ1n) is 6.07. The number of hydrogen-bond acceptors (Lipinski definition) is 1. The van der Waals surface area contributed by atoms with E-state index < -0.39 is 0 Å². The zero-order valence-corrected chi connectivity index (χ0v) is 9.64. The van der Waals surface area contributed by atoms with Gasteiger partial charge in [0.15, 0.2) is 0 Å². The lowest BCUT2D eigenvalue weighted by molar-refractivity contribution is 0.0834. The molecule has 1 aliphatic heterocycles. The van der Waals surface area contributed by atoms with Crippen molar-refractivity contribution in [3.8, 4) is 0 Å². The quantitative estimate of drug-likeness (QED) is 0.653. The van der Waals surface area contributed by atoms with Gasteiger partial charge in [0, 0.05) is 12.5 Å². The molecule has 0 aromatic carbocycles. The first-order chi connectivity index (χ1) is 6.90. The van der Waals surface area contributed by atoms with Crippen molar-refractivity contribution in [1.29, 1.82) is 0 Å². The first kappa shape index (κ1) is 10.8. The molecule has 2 rings (SSSR count). The van der Waals surface area contributed by atoms with E-state index in [1.807, 2.05) is 0 Å². The predicted octanol–water partition coefficient (Wildman–Crippen LogP) is 3.60. The lowest BCUT2D eigenvalue weighted by atomic mass is 9.87. The van der Waals surface area contributed by atoms with Crippen LogP contribution >= 0.6 is 11.6 Å². The van der Waals surface area contributed by atoms with Crippen LogP contribution in [0.15, 0.2) is 0 Å². The maximum Gasteiger partial charge on any atom is 0.0579 e. The molecule has 1 saturated heterocycles. The van der Waals surface area contributed by atoms with Crippen LogP contribution in [0.1, 0.15) is 44.9 Å². The Labute approximate surface area is 92.2 Å². The van der Waals surface area contributed by atoms with Gasteiger partial charge in [0.25, 0.3) is 0 Å². The second-order valence-electron chi connectivity index (χ2n) is 4.83. The van der Waals surface area contributed by atoms with Crippen molar-refractivity contribution < 1.29 is 4.74 Å². The van der Waals surface area contributed by atoms with E-state index in [9.17, 15) is 0 Å². The van der Waals surface area contributed by atoms with Gasteiger partial charge in [-0.05, 0) is 31.1 Å². The van der Waals surface area contributed by atoms with Crippen LogP contribution in [0, 0.1) is 11.8 Å². The summed E-state index contributed by atoms with van der Waals surface area (Å²) in [6.07, 6.45) is 9.92. The fourth-order valence-corrected chi connectivity index (χ4v) is 3.36. The Morgan fingerprint density at radius 3 is 2.50 bits per heavy atom. The van der Waals surface area contributed by atoms with E-state index >= 15 is 0 Å². The molecule has 2 atom stereocenters. The summed E-state index contributed by atoms with van der Waals surface area (Å²) in [7, 11) is 0. The van der Waals surface area contributed by atoms with Crippen LogP contribution in [0.25, 0.3) is 0 Å². The van der Waals surface area contributed by atoms with E-state index in [0.29, 0.717) is 6.10 Å². The summed E-state index contributed by atoms with van der Waals surface area (Å²) >= 11 is 6.07. The van der Waals surface area contributed by atoms with Gasteiger partial charge in [-0.2, -0.15) is 0 Å². The molecule has 0 N–H and O–H groups in total. The predicted molar refractivity (Wildman–Crippen MR) is 59.8 cm³/mol. The summed E-state index contributed by atoms with van der Waals surface area (Å²) in [5, 5.41) is 0. The molecule has 2 fully saturated rings. The van der Waals surface area contributed by atoms with Crippen LogP contribution < -0.4 is 0 Å². The van der Waals surface area contributed by atoms with Gasteiger partial charge in [0.05, 0.1) is 6.10 Å². The summed E-state index contributed by atoms with van der Waals surface area (Å²) in [4.78, 5) is 0. The molecule has 0 radical (unpaired) electrons. The second kappa shape index (κ2) is 5.37. The molecule has 82 valence electrons. The molecule has 1 aliphatic carbocycles. The minimum atomic E-state index is 0.527. The number of halogens is 1. The average molecular weight is 217 g/mol. The molecule has 0 amide bonds. The minimum Gasteiger partial charge on any atom is -0.378 e. The average Bonchev–Trinajstić information content (AvgIpc) is 2.86. The van der Waals surface area contributed by atoms with Crippen LogP contribution in [0.3, 0.4) is 0 Å². The fourth-order valence-electron chi connectivity index (χ4n) is 2.98. The molecule has 1 nitrogen and oxygen atoms in total. The smallest absolute Gasteiger partial charge is 0.0579 e. The van der Waals surface area contributed by atoms with Gasteiger partial charge in [-0.3, -0.25) is 0 Å². The van der Waals surface area contributed by atoms with E-state index in [-0.39, 0.29) is 0 Å². The van der Waals surface area contributed by atoms with Gasteiger partial charge in [0.2, 0.25) is 0 Å². The van der Waals surface area contributed by atoms with Gasteiger partial charge < -0.3 is 4.74 Å². The molecule has 1 heterocycles. The van der Waals surface area contributed by atoms with Crippen molar-refractivity contribution >= 4 is 11.6 Å². The van der Waals surface area contributed by atoms with Crippen molar-refractivity contribution in [3.05, 3.63) is 0 Å². The zero-order chi connectivity index (χ0) is 9.80. The van der Waals surface area contributed by atoms with Crippen LogP contribution in [0.4, 0.5) is 0 Å². The Morgan fingerprint density at radius 1 is 1.14 bits per heavy atom. The van der Waals surface area contributed by atoms with Gasteiger partial charge >= 0.3 is 0 Å². The summed E-state index contributed by atoms with van der Waals surface area (Å²) in [5.74, 6) is 2.46. The van der Waals surface area contributed by atoms with Crippen LogP contribution in [0.5, 0.6) is 0 Å². The molecule has 0 aromatic rings. The highest BCUT2D eigenvalue weighted by molar-refractivity contribution is 6.18. The zero-order valence-electron chi connectivity index (χ0n) is 8.88. The molecule has 1 saturated carbocycles. The highest BCUT2D eigenvalue weighted by Gasteiger charge is 2.28. The standard InChI is InChI=1S/C12H21ClO/c13-9-11(10-4-1-2-5-10)8-12-6-3-7-14-12/h10-12H,1-9H2. The lowest BCUT2D eigenvalue weighted by Gasteiger charge is -2.23. The van der Waals surface area contributed by atoms with Crippen LogP contribution in [-0.2, 0) is 4.74 Å². The Bertz CT molecular complexity index is 160. The van der Waals surface area contributed by atoms with Crippen molar-refractivity contribution in [2.75, 3.05) is 12.5 Å². The third-order valence-corrected chi connectivity index (χ3v) is 4.25. The summed E-state index contributed by atoms with van der Waals surface area (Å²) in [5.41, 5.74) is 0. The van der Waals surface area contributed by atoms with Gasteiger partial charge in [-0.15, -0.1) is 11.6 Å². The maximum absolute atomic E-state index is 6.07. The van der Waals surface area contributed by atoms with E-state index in [4.69, 9.17) is 16.3 Å². The van der Waals surface area contributed by atoms with Gasteiger partial charge in [0.1, 0.15) is 0 Å². The van der Waals surface area contributed by atoms with Crippen molar-refractivity contribution in [2.24, 2.45) is 11.8 Å². The minimum absolute atomic E-state index is 0.527. The maximum atomic E-state index is 6.07. The molecule has 0 bridgehead atoms. The molecule has 2 heteroatoms. The number of ether oxygens (including phenoxy) is 1. The van der Waals surface area contributed by atoms with E-state index in [1.54, 1.807) is 0 Å².